The van der Waals surface area contributed by atoms with E-state index in [0.717, 1.165) is 11.3 Å². The lowest BCUT2D eigenvalue weighted by molar-refractivity contribution is -0.130. The molecule has 212 valence electrons. The zero-order valence-corrected chi connectivity index (χ0v) is 24.7. The molecule has 2 aromatic carbocycles. The Labute approximate surface area is 245 Å². The van der Waals surface area contributed by atoms with Crippen molar-refractivity contribution in [2.24, 2.45) is 0 Å². The van der Waals surface area contributed by atoms with Gasteiger partial charge in [0.2, 0.25) is 0 Å². The van der Waals surface area contributed by atoms with Crippen molar-refractivity contribution in [2.45, 2.75) is 17.4 Å². The Morgan fingerprint density at radius 3 is 2.41 bits per heavy atom. The number of sulfonamides is 1. The third-order valence-electron chi connectivity index (χ3n) is 6.68. The molecule has 0 fully saturated rings. The smallest absolute Gasteiger partial charge is 0.415 e. The Hall–Kier alpha value is -4.13. The molecule has 3 heterocycles. The quantitative estimate of drug-likeness (QED) is 0.273. The highest BCUT2D eigenvalue weighted by Gasteiger charge is 2.61. The number of hydrogen-bond acceptors (Lipinski definition) is 9. The zero-order chi connectivity index (χ0) is 29.5. The Kier molecular flexibility index (Phi) is 7.41. The molecular formula is C28H24ClN3O7S2. The molecular weight excluding hydrogens is 590 g/mol. The van der Waals surface area contributed by atoms with Crippen LogP contribution in [0.1, 0.15) is 16.0 Å². The summed E-state index contributed by atoms with van der Waals surface area (Å²) in [7, 11) is -0.398. The molecule has 41 heavy (non-hydrogen) atoms. The van der Waals surface area contributed by atoms with Crippen molar-refractivity contribution < 1.29 is 32.2 Å². The SMILES string of the molecule is COc1ccc(S(=O)(=O)N2C(=O)C(OC(=O)N(C)c3ccncc3)(c3sccc3C)c3cc(Cl)ccc32)c(OC)c1. The molecule has 0 radical (unpaired) electrons. The number of amides is 2. The summed E-state index contributed by atoms with van der Waals surface area (Å²) in [5.74, 6) is -0.682. The first-order valence-electron chi connectivity index (χ1n) is 12.1. The fraction of sp³-hybridized carbons (Fsp3) is 0.179. The minimum absolute atomic E-state index is 0.00978. The molecule has 1 unspecified atom stereocenters. The number of thiophene rings is 1. The van der Waals surface area contributed by atoms with Gasteiger partial charge < -0.3 is 14.2 Å². The summed E-state index contributed by atoms with van der Waals surface area (Å²) < 4.78 is 45.8. The summed E-state index contributed by atoms with van der Waals surface area (Å²) >= 11 is 7.54. The molecule has 0 saturated heterocycles. The van der Waals surface area contributed by atoms with E-state index < -0.39 is 27.6 Å². The Balaban J connectivity index is 1.73. The van der Waals surface area contributed by atoms with Crippen LogP contribution in [0.4, 0.5) is 16.2 Å². The number of carbonyl (C=O) groups excluding carboxylic acids is 2. The van der Waals surface area contributed by atoms with Gasteiger partial charge in [-0.25, -0.2) is 13.2 Å². The lowest BCUT2D eigenvalue weighted by Crippen LogP contribution is -2.48. The molecule has 4 aromatic rings. The molecule has 0 N–H and O–H groups in total. The van der Waals surface area contributed by atoms with E-state index in [1.807, 2.05) is 0 Å². The molecule has 2 amide bonds. The van der Waals surface area contributed by atoms with Gasteiger partial charge in [-0.1, -0.05) is 11.6 Å². The van der Waals surface area contributed by atoms with Crippen molar-refractivity contribution >= 4 is 56.3 Å². The van der Waals surface area contributed by atoms with Crippen molar-refractivity contribution in [3.63, 3.8) is 0 Å². The number of aromatic nitrogens is 1. The van der Waals surface area contributed by atoms with E-state index in [9.17, 15) is 18.0 Å². The Bertz CT molecular complexity index is 1760. The van der Waals surface area contributed by atoms with Crippen LogP contribution in [-0.2, 0) is 25.2 Å². The lowest BCUT2D eigenvalue weighted by Gasteiger charge is -2.30. The van der Waals surface area contributed by atoms with Crippen molar-refractivity contribution in [1.29, 1.82) is 0 Å². The van der Waals surface area contributed by atoms with Gasteiger partial charge in [0.1, 0.15) is 16.4 Å². The maximum absolute atomic E-state index is 14.6. The number of methoxy groups -OCH3 is 2. The minimum Gasteiger partial charge on any atom is -0.497 e. The molecule has 1 aliphatic rings. The van der Waals surface area contributed by atoms with E-state index in [1.54, 1.807) is 30.5 Å². The van der Waals surface area contributed by atoms with Gasteiger partial charge in [0.25, 0.3) is 21.5 Å². The van der Waals surface area contributed by atoms with E-state index in [1.165, 1.54) is 75.0 Å². The second-order valence-corrected chi connectivity index (χ2v) is 12.1. The van der Waals surface area contributed by atoms with Crippen LogP contribution < -0.4 is 18.7 Å². The number of anilines is 2. The van der Waals surface area contributed by atoms with Gasteiger partial charge in [0, 0.05) is 41.8 Å². The second kappa shape index (κ2) is 10.7. The summed E-state index contributed by atoms with van der Waals surface area (Å²) in [6.07, 6.45) is 2.11. The second-order valence-electron chi connectivity index (χ2n) is 9.00. The third-order valence-corrected chi connectivity index (χ3v) is 9.77. The first-order valence-corrected chi connectivity index (χ1v) is 14.8. The summed E-state index contributed by atoms with van der Waals surface area (Å²) in [5, 5.41) is 1.95. The van der Waals surface area contributed by atoms with Crippen LogP contribution in [0, 0.1) is 6.92 Å². The highest BCUT2D eigenvalue weighted by atomic mass is 35.5. The number of nitrogens with zero attached hydrogens (tertiary/aromatic N) is 3. The molecule has 0 bridgehead atoms. The molecule has 2 aromatic heterocycles. The average Bonchev–Trinajstić information content (AvgIpc) is 3.51. The predicted octanol–water partition coefficient (Wildman–Crippen LogP) is 5.37. The van der Waals surface area contributed by atoms with Gasteiger partial charge in [-0.3, -0.25) is 14.7 Å². The molecule has 1 atom stereocenters. The maximum Gasteiger partial charge on any atom is 0.415 e. The standard InChI is InChI=1S/C28H24ClN3O7S2/c1-17-11-14-40-25(17)28(39-27(34)31(2)19-9-12-30-13-10-19)21-15-18(29)5-7-22(21)32(26(28)33)41(35,36)24-8-6-20(37-3)16-23(24)38-4/h5-16H,1-4H3. The number of pyridine rings is 1. The number of hydrogen-bond donors (Lipinski definition) is 0. The monoisotopic (exact) mass is 613 g/mol. The fourth-order valence-corrected chi connectivity index (χ4v) is 7.47. The first-order chi connectivity index (χ1) is 19.6. The number of ether oxygens (including phenoxy) is 3. The number of rotatable bonds is 7. The highest BCUT2D eigenvalue weighted by Crippen LogP contribution is 2.52. The number of fused-ring (bicyclic) bond motifs is 1. The predicted molar refractivity (Wildman–Crippen MR) is 155 cm³/mol. The molecule has 5 rings (SSSR count). The van der Waals surface area contributed by atoms with Crippen molar-refractivity contribution in [2.75, 3.05) is 30.5 Å². The van der Waals surface area contributed by atoms with Crippen LogP contribution in [-0.4, -0.2) is 46.7 Å². The lowest BCUT2D eigenvalue weighted by atomic mass is 9.91. The van der Waals surface area contributed by atoms with E-state index in [2.05, 4.69) is 4.98 Å². The van der Waals surface area contributed by atoms with Crippen molar-refractivity contribution in [3.8, 4) is 11.5 Å². The van der Waals surface area contributed by atoms with E-state index in [4.69, 9.17) is 25.8 Å². The molecule has 0 spiro atoms. The summed E-state index contributed by atoms with van der Waals surface area (Å²) in [4.78, 5) is 33.5. The summed E-state index contributed by atoms with van der Waals surface area (Å²) in [6, 6.07) is 13.4. The number of aryl methyl sites for hydroxylation is 1. The van der Waals surface area contributed by atoms with Crippen LogP contribution in [0.3, 0.4) is 0 Å². The largest absolute Gasteiger partial charge is 0.497 e. The van der Waals surface area contributed by atoms with E-state index in [-0.39, 0.29) is 26.9 Å². The Morgan fingerprint density at radius 2 is 1.78 bits per heavy atom. The highest BCUT2D eigenvalue weighted by molar-refractivity contribution is 7.93. The van der Waals surface area contributed by atoms with Crippen LogP contribution in [0.5, 0.6) is 11.5 Å². The minimum atomic E-state index is -4.61. The molecule has 10 nitrogen and oxygen atoms in total. The van der Waals surface area contributed by atoms with Crippen LogP contribution >= 0.6 is 22.9 Å². The third kappa shape index (κ3) is 4.57. The molecule has 0 aliphatic carbocycles. The molecule has 0 saturated carbocycles. The zero-order valence-electron chi connectivity index (χ0n) is 22.3. The topological polar surface area (TPSA) is 115 Å². The van der Waals surface area contributed by atoms with Gasteiger partial charge in [-0.2, -0.15) is 4.31 Å². The van der Waals surface area contributed by atoms with Crippen LogP contribution in [0.15, 0.2) is 77.3 Å². The van der Waals surface area contributed by atoms with Gasteiger partial charge in [0.05, 0.1) is 24.8 Å². The molecule has 13 heteroatoms. The average molecular weight is 614 g/mol. The number of halogens is 1. The van der Waals surface area contributed by atoms with E-state index >= 15 is 0 Å². The summed E-state index contributed by atoms with van der Waals surface area (Å²) in [6.45, 7) is 1.75. The molecule has 1 aliphatic heterocycles. The van der Waals surface area contributed by atoms with Gasteiger partial charge in [-0.15, -0.1) is 11.3 Å². The van der Waals surface area contributed by atoms with Crippen molar-refractivity contribution in [3.05, 3.63) is 93.4 Å². The Morgan fingerprint density at radius 1 is 1.05 bits per heavy atom. The van der Waals surface area contributed by atoms with Gasteiger partial charge in [0.15, 0.2) is 0 Å². The number of carbonyl (C=O) groups is 2. The summed E-state index contributed by atoms with van der Waals surface area (Å²) in [5.41, 5.74) is -0.997. The number of benzene rings is 2. The van der Waals surface area contributed by atoms with Crippen LogP contribution in [0.2, 0.25) is 5.02 Å². The first kappa shape index (κ1) is 28.4. The van der Waals surface area contributed by atoms with Crippen LogP contribution in [0.25, 0.3) is 0 Å². The van der Waals surface area contributed by atoms with Crippen molar-refractivity contribution in [1.82, 2.24) is 4.98 Å². The fourth-order valence-electron chi connectivity index (χ4n) is 4.63. The normalized spacial score (nSPS) is 16.3. The van der Waals surface area contributed by atoms with Gasteiger partial charge >= 0.3 is 6.09 Å². The maximum atomic E-state index is 14.6. The van der Waals surface area contributed by atoms with E-state index in [0.29, 0.717) is 26.2 Å². The van der Waals surface area contributed by atoms with Gasteiger partial charge in [-0.05, 0) is 66.4 Å².